The van der Waals surface area contributed by atoms with E-state index in [-0.39, 0.29) is 0 Å². The fourth-order valence-corrected chi connectivity index (χ4v) is 8.50. The van der Waals surface area contributed by atoms with E-state index in [1.807, 2.05) is 0 Å². The lowest BCUT2D eigenvalue weighted by Gasteiger charge is -2.14. The molecule has 0 aliphatic heterocycles. The molecule has 47 heavy (non-hydrogen) atoms. The number of para-hydroxylation sites is 1. The fourth-order valence-electron chi connectivity index (χ4n) is 8.50. The van der Waals surface area contributed by atoms with Gasteiger partial charge in [0, 0.05) is 21.8 Å². The van der Waals surface area contributed by atoms with Gasteiger partial charge in [0.1, 0.15) is 0 Å². The van der Waals surface area contributed by atoms with Gasteiger partial charge < -0.3 is 4.57 Å². The molecule has 0 unspecified atom stereocenters. The van der Waals surface area contributed by atoms with Crippen LogP contribution in [0, 0.1) is 0 Å². The van der Waals surface area contributed by atoms with Crippen molar-refractivity contribution in [1.29, 1.82) is 0 Å². The highest BCUT2D eigenvalue weighted by molar-refractivity contribution is 6.32. The van der Waals surface area contributed by atoms with E-state index in [9.17, 15) is 0 Å². The molecule has 9 aromatic carbocycles. The van der Waals surface area contributed by atoms with Crippen molar-refractivity contribution in [3.63, 3.8) is 0 Å². The van der Waals surface area contributed by atoms with Crippen LogP contribution in [0.4, 0.5) is 0 Å². The number of fused-ring (bicyclic) bond motifs is 12. The van der Waals surface area contributed by atoms with Crippen molar-refractivity contribution in [3.05, 3.63) is 164 Å². The van der Waals surface area contributed by atoms with Crippen LogP contribution < -0.4 is 0 Å². The SMILES string of the molecule is c1ccc2c(c1)-c1cccc3c(-c4ccc5cc(-n6c7ccccc7c7c8ccccc8c8ccccc8c76)ccc5c4)ccc-2c13. The van der Waals surface area contributed by atoms with Gasteiger partial charge in [-0.1, -0.05) is 140 Å². The Morgan fingerprint density at radius 2 is 0.894 bits per heavy atom. The summed E-state index contributed by atoms with van der Waals surface area (Å²) < 4.78 is 2.48. The second-order valence-electron chi connectivity index (χ2n) is 12.8. The molecule has 1 aliphatic rings. The predicted molar refractivity (Wildman–Crippen MR) is 201 cm³/mol. The summed E-state index contributed by atoms with van der Waals surface area (Å²) in [5.74, 6) is 0. The Morgan fingerprint density at radius 1 is 0.319 bits per heavy atom. The van der Waals surface area contributed by atoms with E-state index in [4.69, 9.17) is 0 Å². The van der Waals surface area contributed by atoms with Gasteiger partial charge in [0.05, 0.1) is 11.0 Å². The summed E-state index contributed by atoms with van der Waals surface area (Å²) in [6.45, 7) is 0. The second-order valence-corrected chi connectivity index (χ2v) is 12.8. The van der Waals surface area contributed by atoms with Crippen LogP contribution in [0.1, 0.15) is 0 Å². The van der Waals surface area contributed by atoms with Crippen LogP contribution in [0.2, 0.25) is 0 Å². The van der Waals surface area contributed by atoms with Crippen LogP contribution in [-0.2, 0) is 0 Å². The maximum atomic E-state index is 2.48. The molecule has 1 aliphatic carbocycles. The monoisotopic (exact) mass is 593 g/mol. The van der Waals surface area contributed by atoms with Crippen LogP contribution >= 0.6 is 0 Å². The molecule has 0 atom stereocenters. The van der Waals surface area contributed by atoms with Crippen molar-refractivity contribution in [1.82, 2.24) is 4.57 Å². The number of rotatable bonds is 2. The molecule has 1 aromatic heterocycles. The fraction of sp³-hybridized carbons (Fsp3) is 0. The molecule has 1 nitrogen and oxygen atoms in total. The van der Waals surface area contributed by atoms with Crippen LogP contribution in [0.3, 0.4) is 0 Å². The normalized spacial score (nSPS) is 12.3. The molecule has 0 amide bonds. The maximum Gasteiger partial charge on any atom is 0.0625 e. The van der Waals surface area contributed by atoms with Crippen molar-refractivity contribution >= 4 is 64.9 Å². The highest BCUT2D eigenvalue weighted by atomic mass is 15.0. The number of hydrogen-bond donors (Lipinski definition) is 0. The summed E-state index contributed by atoms with van der Waals surface area (Å²) in [6, 6.07) is 60.7. The first-order valence-electron chi connectivity index (χ1n) is 16.4. The lowest BCUT2D eigenvalue weighted by Crippen LogP contribution is -1.95. The number of hydrogen-bond acceptors (Lipinski definition) is 0. The summed E-state index contributed by atoms with van der Waals surface area (Å²) in [7, 11) is 0. The van der Waals surface area contributed by atoms with Crippen molar-refractivity contribution < 1.29 is 0 Å². The summed E-state index contributed by atoms with van der Waals surface area (Å²) in [5, 5.41) is 12.9. The Hall–Kier alpha value is -6.18. The Morgan fingerprint density at radius 3 is 1.72 bits per heavy atom. The van der Waals surface area contributed by atoms with Crippen LogP contribution in [0.15, 0.2) is 164 Å². The van der Waals surface area contributed by atoms with Gasteiger partial charge in [-0.25, -0.2) is 0 Å². The third kappa shape index (κ3) is 3.33. The minimum Gasteiger partial charge on any atom is -0.309 e. The molecular weight excluding hydrogens is 567 g/mol. The molecule has 0 saturated carbocycles. The zero-order chi connectivity index (χ0) is 30.6. The quantitative estimate of drug-likeness (QED) is 0.176. The standard InChI is InChI=1S/C46H27N/c1-2-11-34-33(10-1)38-18-9-17-37-32(24-25-40(34)44(37)38)30-21-20-29-27-31(23-22-28(29)26-30)47-43-19-8-7-16-42(43)45-39-14-5-3-12-35(39)36-13-4-6-15-41(36)46(45)47/h1-27H. The lowest BCUT2D eigenvalue weighted by molar-refractivity contribution is 1.19. The minimum atomic E-state index is 1.18. The van der Waals surface area contributed by atoms with Gasteiger partial charge in [0.2, 0.25) is 0 Å². The first-order chi connectivity index (χ1) is 23.3. The summed E-state index contributed by atoms with van der Waals surface area (Å²) in [5.41, 5.74) is 11.6. The highest BCUT2D eigenvalue weighted by Gasteiger charge is 2.23. The van der Waals surface area contributed by atoms with Crippen molar-refractivity contribution in [3.8, 4) is 39.1 Å². The van der Waals surface area contributed by atoms with Crippen LogP contribution in [0.5, 0.6) is 0 Å². The Kier molecular flexibility index (Phi) is 4.90. The summed E-state index contributed by atoms with van der Waals surface area (Å²) in [4.78, 5) is 0. The van der Waals surface area contributed by atoms with Crippen molar-refractivity contribution in [2.75, 3.05) is 0 Å². The van der Waals surface area contributed by atoms with E-state index in [1.165, 1.54) is 104 Å². The molecule has 1 heterocycles. The number of benzene rings is 9. The number of aromatic nitrogens is 1. The molecule has 216 valence electrons. The van der Waals surface area contributed by atoms with E-state index in [1.54, 1.807) is 0 Å². The van der Waals surface area contributed by atoms with E-state index < -0.39 is 0 Å². The van der Waals surface area contributed by atoms with Gasteiger partial charge >= 0.3 is 0 Å². The van der Waals surface area contributed by atoms with Crippen molar-refractivity contribution in [2.45, 2.75) is 0 Å². The Bertz CT molecular complexity index is 2930. The molecule has 10 aromatic rings. The van der Waals surface area contributed by atoms with Gasteiger partial charge in [-0.2, -0.15) is 0 Å². The molecular formula is C46H27N. The van der Waals surface area contributed by atoms with Crippen molar-refractivity contribution in [2.24, 2.45) is 0 Å². The zero-order valence-electron chi connectivity index (χ0n) is 25.5. The van der Waals surface area contributed by atoms with E-state index in [0.717, 1.165) is 0 Å². The molecule has 0 N–H and O–H groups in total. The number of nitrogens with zero attached hydrogens (tertiary/aromatic N) is 1. The van der Waals surface area contributed by atoms with Gasteiger partial charge in [0.15, 0.2) is 0 Å². The van der Waals surface area contributed by atoms with E-state index in [0.29, 0.717) is 0 Å². The average Bonchev–Trinajstić information content (AvgIpc) is 3.66. The maximum absolute atomic E-state index is 2.48. The molecule has 0 spiro atoms. The third-order valence-corrected chi connectivity index (χ3v) is 10.5. The smallest absolute Gasteiger partial charge is 0.0625 e. The predicted octanol–water partition coefficient (Wildman–Crippen LogP) is 12.7. The van der Waals surface area contributed by atoms with Crippen LogP contribution in [0.25, 0.3) is 104 Å². The van der Waals surface area contributed by atoms with Gasteiger partial charge in [-0.15, -0.1) is 0 Å². The third-order valence-electron chi connectivity index (χ3n) is 10.5. The Labute approximate surface area is 271 Å². The first-order valence-corrected chi connectivity index (χ1v) is 16.4. The molecule has 0 bridgehead atoms. The largest absolute Gasteiger partial charge is 0.309 e. The molecule has 11 rings (SSSR count). The zero-order valence-corrected chi connectivity index (χ0v) is 25.5. The van der Waals surface area contributed by atoms with E-state index in [2.05, 4.69) is 168 Å². The van der Waals surface area contributed by atoms with E-state index >= 15 is 0 Å². The Balaban J connectivity index is 1.13. The molecule has 1 heteroatoms. The first kappa shape index (κ1) is 25.1. The second kappa shape index (κ2) is 9.19. The molecule has 0 radical (unpaired) electrons. The average molecular weight is 594 g/mol. The topological polar surface area (TPSA) is 4.93 Å². The highest BCUT2D eigenvalue weighted by Crippen LogP contribution is 2.49. The molecule has 0 saturated heterocycles. The lowest BCUT2D eigenvalue weighted by atomic mass is 9.93. The molecule has 0 fully saturated rings. The van der Waals surface area contributed by atoms with Gasteiger partial charge in [-0.05, 0) is 95.3 Å². The van der Waals surface area contributed by atoms with Gasteiger partial charge in [0.25, 0.3) is 0 Å². The van der Waals surface area contributed by atoms with Gasteiger partial charge in [-0.3, -0.25) is 0 Å². The minimum absolute atomic E-state index is 1.18. The van der Waals surface area contributed by atoms with Crippen LogP contribution in [-0.4, -0.2) is 4.57 Å². The summed E-state index contributed by atoms with van der Waals surface area (Å²) >= 11 is 0. The summed E-state index contributed by atoms with van der Waals surface area (Å²) in [6.07, 6.45) is 0.